The molecule has 0 amide bonds. The first-order valence-corrected chi connectivity index (χ1v) is 7.11. The minimum absolute atomic E-state index is 0.136. The number of halogens is 3. The number of carbonyl (C=O) groups excluding carboxylic acids is 1. The zero-order valence-corrected chi connectivity index (χ0v) is 11.7. The molecule has 1 aromatic heterocycles. The number of alkyl halides is 3. The number of aryl methyl sites for hydroxylation is 1. The molecule has 0 saturated carbocycles. The molecule has 1 aromatic rings. The Hall–Kier alpha value is -1.81. The standard InChI is InChI=1S/C11H11F3N2O4S/c1-16-5-7-6(9(16)10(17)20-2)3-4-8(11(12,13)14)15-21(7,18)19/h3-5,8,15H,1-2H3. The summed E-state index contributed by atoms with van der Waals surface area (Å²) in [6.45, 7) is 0. The van der Waals surface area contributed by atoms with Crippen molar-refractivity contribution in [1.29, 1.82) is 0 Å². The van der Waals surface area contributed by atoms with Crippen LogP contribution in [0, 0.1) is 0 Å². The Morgan fingerprint density at radius 2 is 2.05 bits per heavy atom. The van der Waals surface area contributed by atoms with Gasteiger partial charge in [0, 0.05) is 18.8 Å². The predicted octanol–water partition coefficient (Wildman–Crippen LogP) is 1.05. The van der Waals surface area contributed by atoms with Gasteiger partial charge in [-0.1, -0.05) is 12.2 Å². The van der Waals surface area contributed by atoms with Gasteiger partial charge >= 0.3 is 12.1 Å². The van der Waals surface area contributed by atoms with Gasteiger partial charge in [-0.25, -0.2) is 13.2 Å². The van der Waals surface area contributed by atoms with E-state index in [1.165, 1.54) is 11.6 Å². The first-order chi connectivity index (χ1) is 9.58. The van der Waals surface area contributed by atoms with E-state index in [4.69, 9.17) is 0 Å². The molecule has 116 valence electrons. The van der Waals surface area contributed by atoms with Crippen LogP contribution < -0.4 is 4.72 Å². The highest BCUT2D eigenvalue weighted by molar-refractivity contribution is 7.89. The predicted molar refractivity (Wildman–Crippen MR) is 66.0 cm³/mol. The molecule has 0 saturated heterocycles. The summed E-state index contributed by atoms with van der Waals surface area (Å²) in [6, 6.07) is -2.36. The lowest BCUT2D eigenvalue weighted by atomic mass is 10.2. The fraction of sp³-hybridized carbons (Fsp3) is 0.364. The highest BCUT2D eigenvalue weighted by Gasteiger charge is 2.43. The van der Waals surface area contributed by atoms with E-state index < -0.39 is 33.1 Å². The maximum atomic E-state index is 12.7. The molecule has 1 aliphatic heterocycles. The number of nitrogens with one attached hydrogen (secondary N) is 1. The average molecular weight is 324 g/mol. The van der Waals surface area contributed by atoms with Crippen LogP contribution in [0.2, 0.25) is 0 Å². The van der Waals surface area contributed by atoms with Gasteiger partial charge < -0.3 is 9.30 Å². The van der Waals surface area contributed by atoms with Gasteiger partial charge in [-0.05, 0) is 0 Å². The van der Waals surface area contributed by atoms with Crippen molar-refractivity contribution in [3.05, 3.63) is 23.5 Å². The number of esters is 1. The van der Waals surface area contributed by atoms with Gasteiger partial charge in [0.25, 0.3) is 0 Å². The number of carbonyl (C=O) groups is 1. The van der Waals surface area contributed by atoms with E-state index in [1.54, 1.807) is 4.72 Å². The van der Waals surface area contributed by atoms with E-state index in [-0.39, 0.29) is 11.3 Å². The van der Waals surface area contributed by atoms with Crippen molar-refractivity contribution < 1.29 is 31.1 Å². The van der Waals surface area contributed by atoms with Crippen LogP contribution in [0.5, 0.6) is 0 Å². The van der Waals surface area contributed by atoms with Gasteiger partial charge in [0.1, 0.15) is 16.6 Å². The average Bonchev–Trinajstić information content (AvgIpc) is 2.63. The lowest BCUT2D eigenvalue weighted by Gasteiger charge is -2.16. The van der Waals surface area contributed by atoms with Gasteiger partial charge in [0.05, 0.1) is 7.11 Å². The molecule has 1 aliphatic rings. The molecule has 6 nitrogen and oxygen atoms in total. The highest BCUT2D eigenvalue weighted by atomic mass is 32.2. The van der Waals surface area contributed by atoms with E-state index in [0.29, 0.717) is 6.08 Å². The third kappa shape index (κ3) is 2.68. The summed E-state index contributed by atoms with van der Waals surface area (Å²) in [5, 5.41) is 0. The number of ether oxygens (including phenoxy) is 1. The van der Waals surface area contributed by atoms with Crippen molar-refractivity contribution in [2.45, 2.75) is 17.1 Å². The normalized spacial score (nSPS) is 20.7. The van der Waals surface area contributed by atoms with Crippen LogP contribution in [0.3, 0.4) is 0 Å². The van der Waals surface area contributed by atoms with Gasteiger partial charge in [-0.2, -0.15) is 17.9 Å². The summed E-state index contributed by atoms with van der Waals surface area (Å²) in [6.07, 6.45) is -2.11. The lowest BCUT2D eigenvalue weighted by Crippen LogP contribution is -2.43. The Bertz CT molecular complexity index is 719. The molecular formula is C11H11F3N2O4S. The molecule has 21 heavy (non-hydrogen) atoms. The molecule has 0 aliphatic carbocycles. The van der Waals surface area contributed by atoms with Crippen LogP contribution >= 0.6 is 0 Å². The molecule has 0 fully saturated rings. The molecule has 0 aromatic carbocycles. The molecule has 1 atom stereocenters. The third-order valence-electron chi connectivity index (χ3n) is 2.94. The monoisotopic (exact) mass is 324 g/mol. The summed E-state index contributed by atoms with van der Waals surface area (Å²) in [5.41, 5.74) is -0.277. The van der Waals surface area contributed by atoms with Gasteiger partial charge in [0.2, 0.25) is 10.0 Å². The van der Waals surface area contributed by atoms with Crippen molar-refractivity contribution in [1.82, 2.24) is 9.29 Å². The summed E-state index contributed by atoms with van der Waals surface area (Å²) < 4.78 is 69.4. The number of aromatic nitrogens is 1. The Morgan fingerprint density at radius 1 is 1.43 bits per heavy atom. The first-order valence-electron chi connectivity index (χ1n) is 5.63. The molecule has 2 heterocycles. The first kappa shape index (κ1) is 15.6. The molecular weight excluding hydrogens is 313 g/mol. The largest absolute Gasteiger partial charge is 0.464 e. The maximum Gasteiger partial charge on any atom is 0.408 e. The number of nitrogens with zero attached hydrogens (tertiary/aromatic N) is 1. The fourth-order valence-corrected chi connectivity index (χ4v) is 3.41. The highest BCUT2D eigenvalue weighted by Crippen LogP contribution is 2.30. The van der Waals surface area contributed by atoms with E-state index in [9.17, 15) is 26.4 Å². The number of methoxy groups -OCH3 is 1. The van der Waals surface area contributed by atoms with Crippen molar-refractivity contribution in [3.8, 4) is 0 Å². The second-order valence-electron chi connectivity index (χ2n) is 4.36. The fourth-order valence-electron chi connectivity index (χ4n) is 1.98. The topological polar surface area (TPSA) is 77.4 Å². The van der Waals surface area contributed by atoms with Crippen LogP contribution in [0.15, 0.2) is 17.2 Å². The second kappa shape index (κ2) is 4.88. The van der Waals surface area contributed by atoms with Crippen molar-refractivity contribution in [3.63, 3.8) is 0 Å². The van der Waals surface area contributed by atoms with Crippen LogP contribution in [0.4, 0.5) is 13.2 Å². The molecule has 0 spiro atoms. The summed E-state index contributed by atoms with van der Waals surface area (Å²) in [7, 11) is -1.93. The minimum atomic E-state index is -4.78. The molecule has 10 heteroatoms. The summed E-state index contributed by atoms with van der Waals surface area (Å²) in [5.74, 6) is -0.843. The minimum Gasteiger partial charge on any atom is -0.464 e. The Kier molecular flexibility index (Phi) is 3.62. The van der Waals surface area contributed by atoms with Crippen LogP contribution in [0.25, 0.3) is 6.08 Å². The van der Waals surface area contributed by atoms with Crippen molar-refractivity contribution in [2.75, 3.05) is 7.11 Å². The quantitative estimate of drug-likeness (QED) is 0.783. The molecule has 1 N–H and O–H groups in total. The number of sulfonamides is 1. The third-order valence-corrected chi connectivity index (χ3v) is 4.41. The number of fused-ring (bicyclic) bond motifs is 1. The van der Waals surface area contributed by atoms with E-state index >= 15 is 0 Å². The Labute approximate surface area is 118 Å². The number of hydrogen-bond acceptors (Lipinski definition) is 4. The van der Waals surface area contributed by atoms with Crippen LogP contribution in [0.1, 0.15) is 16.1 Å². The zero-order chi connectivity index (χ0) is 16.0. The van der Waals surface area contributed by atoms with Crippen molar-refractivity contribution >= 4 is 22.1 Å². The van der Waals surface area contributed by atoms with E-state index in [2.05, 4.69) is 4.74 Å². The zero-order valence-electron chi connectivity index (χ0n) is 10.9. The summed E-state index contributed by atoms with van der Waals surface area (Å²) >= 11 is 0. The van der Waals surface area contributed by atoms with Crippen LogP contribution in [-0.4, -0.2) is 38.3 Å². The van der Waals surface area contributed by atoms with Gasteiger partial charge in [0.15, 0.2) is 0 Å². The molecule has 0 radical (unpaired) electrons. The number of hydrogen-bond donors (Lipinski definition) is 1. The van der Waals surface area contributed by atoms with Crippen LogP contribution in [-0.2, 0) is 21.8 Å². The molecule has 1 unspecified atom stereocenters. The molecule has 2 rings (SSSR count). The summed E-state index contributed by atoms with van der Waals surface area (Å²) in [4.78, 5) is 11.2. The van der Waals surface area contributed by atoms with Gasteiger partial charge in [-0.3, -0.25) is 0 Å². The van der Waals surface area contributed by atoms with Crippen molar-refractivity contribution in [2.24, 2.45) is 7.05 Å². The van der Waals surface area contributed by atoms with E-state index in [1.807, 2.05) is 0 Å². The van der Waals surface area contributed by atoms with E-state index in [0.717, 1.165) is 19.4 Å². The maximum absolute atomic E-state index is 12.7. The number of rotatable bonds is 1. The second-order valence-corrected chi connectivity index (χ2v) is 6.04. The molecule has 0 bridgehead atoms. The van der Waals surface area contributed by atoms with Gasteiger partial charge in [-0.15, -0.1) is 0 Å². The SMILES string of the molecule is COC(=O)c1c2c(cn1C)S(=O)(=O)NC(C(F)(F)F)C=C2. The smallest absolute Gasteiger partial charge is 0.408 e. The Balaban J connectivity index is 2.66. The Morgan fingerprint density at radius 3 is 2.57 bits per heavy atom. The lowest BCUT2D eigenvalue weighted by molar-refractivity contribution is -0.140.